The summed E-state index contributed by atoms with van der Waals surface area (Å²) in [5.74, 6) is 0.141. The van der Waals surface area contributed by atoms with Gasteiger partial charge in [0, 0.05) is 51.0 Å². The third-order valence-electron chi connectivity index (χ3n) is 3.66. The van der Waals surface area contributed by atoms with Crippen LogP contribution in [0.15, 0.2) is 18.2 Å². The van der Waals surface area contributed by atoms with E-state index in [4.69, 9.17) is 16.3 Å². The molecule has 1 heterocycles. The van der Waals surface area contributed by atoms with Crippen molar-refractivity contribution < 1.29 is 9.53 Å². The van der Waals surface area contributed by atoms with Gasteiger partial charge in [-0.25, -0.2) is 0 Å². The van der Waals surface area contributed by atoms with Crippen LogP contribution in [-0.2, 0) is 16.1 Å². The highest BCUT2D eigenvalue weighted by molar-refractivity contribution is 6.31. The molecule has 116 valence electrons. The number of amides is 1. The number of ether oxygens (including phenoxy) is 1. The molecule has 2 rings (SSSR count). The Labute approximate surface area is 130 Å². The van der Waals surface area contributed by atoms with Crippen LogP contribution < -0.4 is 10.2 Å². The quantitative estimate of drug-likeness (QED) is 0.806. The highest BCUT2D eigenvalue weighted by atomic mass is 35.5. The Kier molecular flexibility index (Phi) is 5.85. The Balaban J connectivity index is 1.97. The Morgan fingerprint density at radius 3 is 2.86 bits per heavy atom. The maximum absolute atomic E-state index is 11.8. The number of anilines is 1. The number of hydrogen-bond acceptors (Lipinski definition) is 4. The zero-order chi connectivity index (χ0) is 15.2. The minimum atomic E-state index is 0.141. The zero-order valence-corrected chi connectivity index (χ0v) is 13.3. The number of carbonyl (C=O) groups excluding carboxylic acids is 1. The standard InChI is InChI=1S/C15H22ClN3O2/c1-18-6-7-19(11-15(18)20)13-4-3-12(14(16)9-13)10-17-5-8-21-2/h3-4,9,17H,5-8,10-11H2,1-2H3. The van der Waals surface area contributed by atoms with Crippen LogP contribution in [0.4, 0.5) is 5.69 Å². The highest BCUT2D eigenvalue weighted by Crippen LogP contribution is 2.24. The van der Waals surface area contributed by atoms with E-state index < -0.39 is 0 Å². The fourth-order valence-corrected chi connectivity index (χ4v) is 2.49. The molecule has 0 aliphatic carbocycles. The lowest BCUT2D eigenvalue weighted by Gasteiger charge is -2.33. The van der Waals surface area contributed by atoms with Gasteiger partial charge in [-0.1, -0.05) is 17.7 Å². The fourth-order valence-electron chi connectivity index (χ4n) is 2.25. The molecule has 1 aliphatic rings. The SMILES string of the molecule is COCCNCc1ccc(N2CCN(C)C(=O)C2)cc1Cl. The predicted molar refractivity (Wildman–Crippen MR) is 84.9 cm³/mol. The molecule has 6 heteroatoms. The maximum Gasteiger partial charge on any atom is 0.241 e. The lowest BCUT2D eigenvalue weighted by molar-refractivity contribution is -0.129. The summed E-state index contributed by atoms with van der Waals surface area (Å²) in [6, 6.07) is 5.98. The van der Waals surface area contributed by atoms with E-state index in [9.17, 15) is 4.79 Å². The lowest BCUT2D eigenvalue weighted by atomic mass is 10.1. The van der Waals surface area contributed by atoms with Crippen molar-refractivity contribution in [1.29, 1.82) is 0 Å². The number of benzene rings is 1. The van der Waals surface area contributed by atoms with Crippen molar-refractivity contribution in [3.8, 4) is 0 Å². The van der Waals surface area contributed by atoms with Gasteiger partial charge in [0.25, 0.3) is 0 Å². The van der Waals surface area contributed by atoms with Crippen LogP contribution >= 0.6 is 11.6 Å². The van der Waals surface area contributed by atoms with Crippen molar-refractivity contribution in [3.05, 3.63) is 28.8 Å². The van der Waals surface area contributed by atoms with E-state index in [2.05, 4.69) is 10.2 Å². The van der Waals surface area contributed by atoms with Gasteiger partial charge in [-0.3, -0.25) is 4.79 Å². The molecule has 1 aromatic rings. The van der Waals surface area contributed by atoms with Crippen molar-refractivity contribution in [2.75, 3.05) is 51.8 Å². The summed E-state index contributed by atoms with van der Waals surface area (Å²) in [6.07, 6.45) is 0. The fraction of sp³-hybridized carbons (Fsp3) is 0.533. The minimum Gasteiger partial charge on any atom is -0.383 e. The molecule has 1 amide bonds. The van der Waals surface area contributed by atoms with E-state index in [1.165, 1.54) is 0 Å². The van der Waals surface area contributed by atoms with Gasteiger partial charge >= 0.3 is 0 Å². The van der Waals surface area contributed by atoms with E-state index in [0.717, 1.165) is 35.9 Å². The van der Waals surface area contributed by atoms with Gasteiger partial charge in [0.1, 0.15) is 0 Å². The van der Waals surface area contributed by atoms with Crippen molar-refractivity contribution in [3.63, 3.8) is 0 Å². The normalized spacial score (nSPS) is 15.7. The van der Waals surface area contributed by atoms with E-state index in [-0.39, 0.29) is 5.91 Å². The largest absolute Gasteiger partial charge is 0.383 e. The Morgan fingerprint density at radius 2 is 2.19 bits per heavy atom. The third-order valence-corrected chi connectivity index (χ3v) is 4.01. The molecule has 21 heavy (non-hydrogen) atoms. The molecular formula is C15H22ClN3O2. The topological polar surface area (TPSA) is 44.8 Å². The van der Waals surface area contributed by atoms with Crippen molar-refractivity contribution in [2.45, 2.75) is 6.54 Å². The molecule has 1 N–H and O–H groups in total. The lowest BCUT2D eigenvalue weighted by Crippen LogP contribution is -2.48. The van der Waals surface area contributed by atoms with Crippen LogP contribution in [0.3, 0.4) is 0 Å². The first kappa shape index (κ1) is 16.1. The summed E-state index contributed by atoms with van der Waals surface area (Å²) in [4.78, 5) is 15.6. The second-order valence-corrected chi connectivity index (χ2v) is 5.59. The van der Waals surface area contributed by atoms with Crippen LogP contribution in [0, 0.1) is 0 Å². The zero-order valence-electron chi connectivity index (χ0n) is 12.6. The van der Waals surface area contributed by atoms with Gasteiger partial charge in [-0.15, -0.1) is 0 Å². The van der Waals surface area contributed by atoms with Gasteiger partial charge < -0.3 is 19.9 Å². The van der Waals surface area contributed by atoms with Gasteiger partial charge in [-0.05, 0) is 17.7 Å². The summed E-state index contributed by atoms with van der Waals surface area (Å²) in [5.41, 5.74) is 2.05. The number of nitrogens with one attached hydrogen (secondary N) is 1. The average Bonchev–Trinajstić information content (AvgIpc) is 2.48. The van der Waals surface area contributed by atoms with Gasteiger partial charge in [0.15, 0.2) is 0 Å². The summed E-state index contributed by atoms with van der Waals surface area (Å²) in [7, 11) is 3.52. The van der Waals surface area contributed by atoms with Crippen molar-refractivity contribution >= 4 is 23.2 Å². The number of halogens is 1. The molecule has 0 spiro atoms. The number of piperazine rings is 1. The number of rotatable bonds is 6. The first-order chi connectivity index (χ1) is 10.1. The monoisotopic (exact) mass is 311 g/mol. The average molecular weight is 312 g/mol. The van der Waals surface area contributed by atoms with Gasteiger partial charge in [0.05, 0.1) is 13.2 Å². The van der Waals surface area contributed by atoms with Crippen molar-refractivity contribution in [1.82, 2.24) is 10.2 Å². The third kappa shape index (κ3) is 4.33. The first-order valence-electron chi connectivity index (χ1n) is 7.09. The minimum absolute atomic E-state index is 0.141. The van der Waals surface area contributed by atoms with E-state index >= 15 is 0 Å². The molecule has 0 atom stereocenters. The molecule has 1 aliphatic heterocycles. The first-order valence-corrected chi connectivity index (χ1v) is 7.46. The molecular weight excluding hydrogens is 290 g/mol. The molecule has 0 unspecified atom stereocenters. The van der Waals surface area contributed by atoms with E-state index in [1.54, 1.807) is 12.0 Å². The molecule has 5 nitrogen and oxygen atoms in total. The smallest absolute Gasteiger partial charge is 0.241 e. The van der Waals surface area contributed by atoms with Gasteiger partial charge in [-0.2, -0.15) is 0 Å². The Hall–Kier alpha value is -1.30. The van der Waals surface area contributed by atoms with Gasteiger partial charge in [0.2, 0.25) is 5.91 Å². The van der Waals surface area contributed by atoms with Crippen LogP contribution in [-0.4, -0.2) is 57.8 Å². The highest BCUT2D eigenvalue weighted by Gasteiger charge is 2.21. The second kappa shape index (κ2) is 7.64. The van der Waals surface area contributed by atoms with Crippen LogP contribution in [0.2, 0.25) is 5.02 Å². The summed E-state index contributed by atoms with van der Waals surface area (Å²) in [6.45, 7) is 4.18. The Bertz CT molecular complexity index is 496. The van der Waals surface area contributed by atoms with Crippen LogP contribution in [0.1, 0.15) is 5.56 Å². The molecule has 0 radical (unpaired) electrons. The molecule has 0 bridgehead atoms. The number of methoxy groups -OCH3 is 1. The van der Waals surface area contributed by atoms with E-state index in [0.29, 0.717) is 19.7 Å². The number of nitrogens with zero attached hydrogens (tertiary/aromatic N) is 2. The van der Waals surface area contributed by atoms with Crippen molar-refractivity contribution in [2.24, 2.45) is 0 Å². The summed E-state index contributed by atoms with van der Waals surface area (Å²) in [5, 5.41) is 4.00. The van der Waals surface area contributed by atoms with Crippen LogP contribution in [0.5, 0.6) is 0 Å². The molecule has 1 aromatic carbocycles. The summed E-state index contributed by atoms with van der Waals surface area (Å²) >= 11 is 6.33. The molecule has 0 aromatic heterocycles. The van der Waals surface area contributed by atoms with Crippen LogP contribution in [0.25, 0.3) is 0 Å². The molecule has 0 saturated carbocycles. The van der Waals surface area contributed by atoms with E-state index in [1.807, 2.05) is 25.2 Å². The number of carbonyl (C=O) groups is 1. The second-order valence-electron chi connectivity index (χ2n) is 5.18. The summed E-state index contributed by atoms with van der Waals surface area (Å²) < 4.78 is 4.99. The number of likely N-dealkylation sites (N-methyl/N-ethyl adjacent to an activating group) is 1. The molecule has 1 fully saturated rings. The predicted octanol–water partition coefficient (Wildman–Crippen LogP) is 1.35. The molecule has 1 saturated heterocycles. The number of hydrogen-bond donors (Lipinski definition) is 1. The Morgan fingerprint density at radius 1 is 1.38 bits per heavy atom. The maximum atomic E-state index is 11.8.